The van der Waals surface area contributed by atoms with Crippen LogP contribution < -0.4 is 10.6 Å². The van der Waals surface area contributed by atoms with Crippen molar-refractivity contribution in [3.05, 3.63) is 35.4 Å². The Labute approximate surface area is 139 Å². The fraction of sp³-hybridized carbons (Fsp3) is 0.533. The van der Waals surface area contributed by atoms with E-state index < -0.39 is 24.7 Å². The van der Waals surface area contributed by atoms with Gasteiger partial charge in [0.1, 0.15) is 6.04 Å². The minimum absolute atomic E-state index is 0. The molecule has 0 aliphatic carbocycles. The van der Waals surface area contributed by atoms with Crippen LogP contribution in [0.3, 0.4) is 0 Å². The van der Waals surface area contributed by atoms with Crippen LogP contribution in [-0.4, -0.2) is 55.7 Å². The minimum Gasteiger partial charge on any atom is -0.350 e. The summed E-state index contributed by atoms with van der Waals surface area (Å²) in [4.78, 5) is 13.4. The molecule has 0 bridgehead atoms. The molecule has 1 aliphatic heterocycles. The van der Waals surface area contributed by atoms with Gasteiger partial charge in [-0.15, -0.1) is 12.4 Å². The lowest BCUT2D eigenvalue weighted by Gasteiger charge is -2.35. The summed E-state index contributed by atoms with van der Waals surface area (Å²) in [7, 11) is 0. The highest BCUT2D eigenvalue weighted by molar-refractivity contribution is 5.95. The minimum atomic E-state index is -4.36. The van der Waals surface area contributed by atoms with E-state index in [4.69, 9.17) is 0 Å². The van der Waals surface area contributed by atoms with Crippen LogP contribution in [0.25, 0.3) is 0 Å². The molecule has 1 fully saturated rings. The fourth-order valence-electron chi connectivity index (χ4n) is 2.56. The largest absolute Gasteiger partial charge is 0.405 e. The van der Waals surface area contributed by atoms with Gasteiger partial charge in [-0.1, -0.05) is 18.2 Å². The number of carbonyl (C=O) groups excluding carboxylic acids is 1. The summed E-state index contributed by atoms with van der Waals surface area (Å²) >= 11 is 0. The van der Waals surface area contributed by atoms with Crippen molar-refractivity contribution < 1.29 is 18.0 Å². The van der Waals surface area contributed by atoms with Gasteiger partial charge in [-0.05, 0) is 18.6 Å². The molecular weight excluding hydrogens is 331 g/mol. The molecule has 0 saturated carbocycles. The van der Waals surface area contributed by atoms with E-state index in [-0.39, 0.29) is 12.4 Å². The number of halogens is 4. The third-order valence-electron chi connectivity index (χ3n) is 3.82. The summed E-state index contributed by atoms with van der Waals surface area (Å²) in [6.07, 6.45) is -4.36. The van der Waals surface area contributed by atoms with Gasteiger partial charge < -0.3 is 10.6 Å². The van der Waals surface area contributed by atoms with Crippen LogP contribution in [0.4, 0.5) is 13.2 Å². The van der Waals surface area contributed by atoms with Gasteiger partial charge in [-0.2, -0.15) is 13.2 Å². The molecule has 1 aromatic carbocycles. The molecule has 8 heteroatoms. The molecule has 1 aliphatic rings. The molecule has 23 heavy (non-hydrogen) atoms. The van der Waals surface area contributed by atoms with Gasteiger partial charge >= 0.3 is 6.18 Å². The lowest BCUT2D eigenvalue weighted by atomic mass is 10.1. The molecule has 0 spiro atoms. The fourth-order valence-corrected chi connectivity index (χ4v) is 2.56. The number of hydrogen-bond acceptors (Lipinski definition) is 3. The average Bonchev–Trinajstić information content (AvgIpc) is 2.47. The Morgan fingerprint density at radius 1 is 1.30 bits per heavy atom. The highest BCUT2D eigenvalue weighted by Crippen LogP contribution is 2.24. The van der Waals surface area contributed by atoms with Crippen LogP contribution in [0.1, 0.15) is 15.9 Å². The molecular formula is C15H21ClF3N3O. The summed E-state index contributed by atoms with van der Waals surface area (Å²) in [6.45, 7) is 3.02. The van der Waals surface area contributed by atoms with Crippen LogP contribution in [0.15, 0.2) is 24.3 Å². The maximum Gasteiger partial charge on any atom is 0.405 e. The number of rotatable bonds is 4. The molecule has 1 amide bonds. The summed E-state index contributed by atoms with van der Waals surface area (Å²) in [5.74, 6) is -0.470. The Morgan fingerprint density at radius 3 is 2.48 bits per heavy atom. The van der Waals surface area contributed by atoms with Crippen LogP contribution >= 0.6 is 12.4 Å². The molecule has 0 aromatic heterocycles. The lowest BCUT2D eigenvalue weighted by molar-refractivity contribution is -0.183. The Morgan fingerprint density at radius 2 is 1.91 bits per heavy atom. The second kappa shape index (κ2) is 8.52. The number of piperazine rings is 1. The van der Waals surface area contributed by atoms with Crippen molar-refractivity contribution in [2.45, 2.75) is 19.1 Å². The number of amides is 1. The van der Waals surface area contributed by atoms with Gasteiger partial charge in [0.05, 0.1) is 0 Å². The predicted molar refractivity (Wildman–Crippen MR) is 85.0 cm³/mol. The van der Waals surface area contributed by atoms with Crippen LogP contribution in [0, 0.1) is 6.92 Å². The van der Waals surface area contributed by atoms with Crippen molar-refractivity contribution in [1.29, 1.82) is 0 Å². The molecule has 0 radical (unpaired) electrons. The van der Waals surface area contributed by atoms with E-state index in [9.17, 15) is 18.0 Å². The van der Waals surface area contributed by atoms with Crippen molar-refractivity contribution >= 4 is 18.3 Å². The summed E-state index contributed by atoms with van der Waals surface area (Å²) < 4.78 is 39.7. The Kier molecular flexibility index (Phi) is 7.31. The number of nitrogens with one attached hydrogen (secondary N) is 2. The zero-order valence-corrected chi connectivity index (χ0v) is 13.6. The lowest BCUT2D eigenvalue weighted by Crippen LogP contribution is -2.57. The second-order valence-electron chi connectivity index (χ2n) is 5.37. The smallest absolute Gasteiger partial charge is 0.350 e. The Balaban J connectivity index is 0.00000264. The SMILES string of the molecule is Cc1ccccc1C(=O)NCC(N1CCNCC1)C(F)(F)F.Cl. The van der Waals surface area contributed by atoms with Gasteiger partial charge in [-0.3, -0.25) is 9.69 Å². The third-order valence-corrected chi connectivity index (χ3v) is 3.82. The molecule has 2 N–H and O–H groups in total. The highest BCUT2D eigenvalue weighted by atomic mass is 35.5. The normalized spacial score (nSPS) is 17.2. The first-order chi connectivity index (χ1) is 10.4. The van der Waals surface area contributed by atoms with Gasteiger partial charge in [-0.25, -0.2) is 0 Å². The molecule has 1 aromatic rings. The van der Waals surface area contributed by atoms with E-state index >= 15 is 0 Å². The highest BCUT2D eigenvalue weighted by Gasteiger charge is 2.43. The molecule has 4 nitrogen and oxygen atoms in total. The van der Waals surface area contributed by atoms with E-state index in [2.05, 4.69) is 10.6 Å². The zero-order valence-electron chi connectivity index (χ0n) is 12.8. The molecule has 1 saturated heterocycles. The third kappa shape index (κ3) is 5.37. The van der Waals surface area contributed by atoms with Crippen LogP contribution in [-0.2, 0) is 0 Å². The van der Waals surface area contributed by atoms with E-state index in [0.717, 1.165) is 5.56 Å². The van der Waals surface area contributed by atoms with Gasteiger partial charge in [0.15, 0.2) is 0 Å². The molecule has 1 unspecified atom stereocenters. The first kappa shape index (κ1) is 19.7. The zero-order chi connectivity index (χ0) is 16.2. The number of alkyl halides is 3. The first-order valence-corrected chi connectivity index (χ1v) is 7.25. The molecule has 130 valence electrons. The van der Waals surface area contributed by atoms with Gasteiger partial charge in [0.25, 0.3) is 5.91 Å². The average molecular weight is 352 g/mol. The predicted octanol–water partition coefficient (Wildman–Crippen LogP) is 1.98. The quantitative estimate of drug-likeness (QED) is 0.872. The molecule has 1 heterocycles. The number of hydrogen-bond donors (Lipinski definition) is 2. The van der Waals surface area contributed by atoms with E-state index in [1.165, 1.54) is 4.90 Å². The van der Waals surface area contributed by atoms with Crippen LogP contribution in [0.5, 0.6) is 0 Å². The summed E-state index contributed by atoms with van der Waals surface area (Å²) in [6, 6.07) is 5.19. The second-order valence-corrected chi connectivity index (χ2v) is 5.37. The maximum atomic E-state index is 13.2. The van der Waals surface area contributed by atoms with Crippen molar-refractivity contribution in [3.8, 4) is 0 Å². The number of benzene rings is 1. The van der Waals surface area contributed by atoms with Crippen molar-refractivity contribution in [2.75, 3.05) is 32.7 Å². The summed E-state index contributed by atoms with van der Waals surface area (Å²) in [5.41, 5.74) is 1.15. The van der Waals surface area contributed by atoms with E-state index in [1.54, 1.807) is 31.2 Å². The molecule has 2 rings (SSSR count). The topological polar surface area (TPSA) is 44.4 Å². The van der Waals surface area contributed by atoms with E-state index in [1.807, 2.05) is 0 Å². The number of aryl methyl sites for hydroxylation is 1. The molecule has 1 atom stereocenters. The van der Waals surface area contributed by atoms with Crippen molar-refractivity contribution in [3.63, 3.8) is 0 Å². The monoisotopic (exact) mass is 351 g/mol. The van der Waals surface area contributed by atoms with Crippen LogP contribution in [0.2, 0.25) is 0 Å². The Bertz CT molecular complexity index is 519. The number of nitrogens with zero attached hydrogens (tertiary/aromatic N) is 1. The van der Waals surface area contributed by atoms with E-state index in [0.29, 0.717) is 31.7 Å². The van der Waals surface area contributed by atoms with Gasteiger partial charge in [0.2, 0.25) is 0 Å². The first-order valence-electron chi connectivity index (χ1n) is 7.25. The number of carbonyl (C=O) groups is 1. The standard InChI is InChI=1S/C15H20F3N3O.ClH/c1-11-4-2-3-5-12(11)14(22)20-10-13(15(16,17)18)21-8-6-19-7-9-21;/h2-5,13,19H,6-10H2,1H3,(H,20,22);1H. The summed E-state index contributed by atoms with van der Waals surface area (Å²) in [5, 5.41) is 5.45. The van der Waals surface area contributed by atoms with Crippen molar-refractivity contribution in [2.24, 2.45) is 0 Å². The Hall–Kier alpha value is -1.31. The maximum absolute atomic E-state index is 13.2. The van der Waals surface area contributed by atoms with Gasteiger partial charge in [0, 0.05) is 38.3 Å². The van der Waals surface area contributed by atoms with Crippen molar-refractivity contribution in [1.82, 2.24) is 15.5 Å².